The van der Waals surface area contributed by atoms with Crippen molar-refractivity contribution in [3.05, 3.63) is 46.5 Å². The minimum atomic E-state index is -1.09. The Morgan fingerprint density at radius 2 is 1.08 bits per heavy atom. The van der Waals surface area contributed by atoms with Gasteiger partial charge in [-0.3, -0.25) is 28.8 Å². The number of nitrogens with zero attached hydrogens (tertiary/aromatic N) is 5. The van der Waals surface area contributed by atoms with Crippen LogP contribution in [0.2, 0.25) is 0 Å². The van der Waals surface area contributed by atoms with Gasteiger partial charge in [0.1, 0.15) is 17.1 Å². The van der Waals surface area contributed by atoms with E-state index in [0.29, 0.717) is 73.0 Å². The van der Waals surface area contributed by atoms with Gasteiger partial charge in [-0.2, -0.15) is 0 Å². The van der Waals surface area contributed by atoms with Gasteiger partial charge in [-0.1, -0.05) is 33.1 Å². The fourth-order valence-corrected chi connectivity index (χ4v) is 10.2. The van der Waals surface area contributed by atoms with E-state index in [4.69, 9.17) is 14.2 Å². The van der Waals surface area contributed by atoms with Gasteiger partial charge in [0.05, 0.1) is 17.4 Å². The van der Waals surface area contributed by atoms with Crippen molar-refractivity contribution in [2.24, 2.45) is 0 Å². The Hall–Kier alpha value is -5.58. The lowest BCUT2D eigenvalue weighted by molar-refractivity contribution is -0.133. The number of rotatable bonds is 14. The first-order valence-electron chi connectivity index (χ1n) is 26.6. The molecule has 74 heavy (non-hydrogen) atoms. The van der Waals surface area contributed by atoms with E-state index in [1.54, 1.807) is 74.4 Å². The third kappa shape index (κ3) is 14.6. The molecule has 2 aromatic carbocycles. The number of halogens is 1. The lowest BCUT2D eigenvalue weighted by Crippen LogP contribution is -2.55. The molecule has 1 aliphatic carbocycles. The second kappa shape index (κ2) is 25.3. The van der Waals surface area contributed by atoms with E-state index in [1.807, 2.05) is 64.3 Å². The van der Waals surface area contributed by atoms with Gasteiger partial charge in [-0.05, 0) is 151 Å². The van der Waals surface area contributed by atoms with Crippen LogP contribution in [0.5, 0.6) is 11.5 Å². The quantitative estimate of drug-likeness (QED) is 0.185. The summed E-state index contributed by atoms with van der Waals surface area (Å²) in [4.78, 5) is 99.5. The van der Waals surface area contributed by atoms with Crippen LogP contribution in [0.25, 0.3) is 0 Å². The maximum atomic E-state index is 14.1. The first-order chi connectivity index (χ1) is 34.1. The van der Waals surface area contributed by atoms with Gasteiger partial charge in [-0.25, -0.2) is 4.79 Å². The molecule has 0 bridgehead atoms. The van der Waals surface area contributed by atoms with Crippen molar-refractivity contribution in [3.63, 3.8) is 0 Å². The molecule has 2 N–H and O–H groups in total. The molecule has 18 heteroatoms. The van der Waals surface area contributed by atoms with Crippen LogP contribution in [0.3, 0.4) is 0 Å². The maximum absolute atomic E-state index is 14.1. The highest BCUT2D eigenvalue weighted by molar-refractivity contribution is 6.06. The topological polar surface area (TPSA) is 187 Å². The van der Waals surface area contributed by atoms with E-state index in [0.717, 1.165) is 49.7 Å². The summed E-state index contributed by atoms with van der Waals surface area (Å²) in [5.74, 6) is 0.367. The molecule has 0 aromatic heterocycles. The number of carbonyl (C=O) groups excluding carboxylic acids is 7. The molecule has 6 rings (SSSR count). The van der Waals surface area contributed by atoms with Crippen LogP contribution in [0.15, 0.2) is 24.3 Å². The smallest absolute Gasteiger partial charge is 0.410 e. The summed E-state index contributed by atoms with van der Waals surface area (Å²) >= 11 is 0. The van der Waals surface area contributed by atoms with Gasteiger partial charge in [0, 0.05) is 81.4 Å². The summed E-state index contributed by atoms with van der Waals surface area (Å²) in [7, 11) is 0. The molecular weight excluding hydrogens is 966 g/mol. The molecule has 412 valence electrons. The molecule has 2 aromatic rings. The molecule has 1 saturated heterocycles. The Morgan fingerprint density at radius 3 is 1.47 bits per heavy atom. The molecule has 3 aliphatic heterocycles. The van der Waals surface area contributed by atoms with Crippen molar-refractivity contribution in [3.8, 4) is 11.5 Å². The SMILES string of the molecule is CCC(=O)NCCN1C(=O)C(C)(C)Oc2cc(C)c(C(=O)N(C(C)C)C3CCCCC3)cc21.CCC(=O)NCCN1C(=O)C(C)(C)Oc2cc(C)c(C(=O)N(C(C)C)[C@@H]3CCCN(C(=O)OC(C)(C)C)C3)cc21.Cl. The van der Waals surface area contributed by atoms with Crippen molar-refractivity contribution >= 4 is 65.3 Å². The lowest BCUT2D eigenvalue weighted by Gasteiger charge is -2.42. The van der Waals surface area contributed by atoms with Gasteiger partial charge in [0.2, 0.25) is 11.8 Å². The second-order valence-corrected chi connectivity index (χ2v) is 22.4. The molecule has 0 radical (unpaired) electrons. The highest BCUT2D eigenvalue weighted by atomic mass is 35.5. The molecule has 0 unspecified atom stereocenters. The summed E-state index contributed by atoms with van der Waals surface area (Å²) < 4.78 is 17.7. The zero-order valence-corrected chi connectivity index (χ0v) is 47.8. The first-order valence-corrected chi connectivity index (χ1v) is 26.6. The van der Waals surface area contributed by atoms with Crippen LogP contribution >= 0.6 is 12.4 Å². The first kappa shape index (κ1) is 61.0. The predicted octanol–water partition coefficient (Wildman–Crippen LogP) is 8.91. The number of hydrogen-bond donors (Lipinski definition) is 2. The fraction of sp³-hybridized carbons (Fsp3) is 0.661. The second-order valence-electron chi connectivity index (χ2n) is 22.4. The van der Waals surface area contributed by atoms with E-state index in [9.17, 15) is 33.6 Å². The van der Waals surface area contributed by atoms with Crippen LogP contribution in [-0.2, 0) is 23.9 Å². The zero-order valence-electron chi connectivity index (χ0n) is 47.0. The van der Waals surface area contributed by atoms with E-state index in [2.05, 4.69) is 24.5 Å². The molecule has 0 spiro atoms. The summed E-state index contributed by atoms with van der Waals surface area (Å²) in [5, 5.41) is 5.65. The highest BCUT2D eigenvalue weighted by Gasteiger charge is 2.44. The molecule has 4 aliphatic rings. The van der Waals surface area contributed by atoms with Gasteiger partial charge in [0.25, 0.3) is 23.6 Å². The zero-order chi connectivity index (χ0) is 54.3. The minimum Gasteiger partial charge on any atom is -0.476 e. The molecule has 2 fully saturated rings. The Kier molecular flexibility index (Phi) is 20.8. The number of likely N-dealkylation sites (tertiary alicyclic amines) is 1. The van der Waals surface area contributed by atoms with Crippen molar-refractivity contribution in [1.29, 1.82) is 0 Å². The molecule has 3 heterocycles. The average molecular weight is 1050 g/mol. The third-order valence-electron chi connectivity index (χ3n) is 13.9. The molecule has 17 nitrogen and oxygen atoms in total. The lowest BCUT2D eigenvalue weighted by atomic mass is 9.92. The Bertz CT molecular complexity index is 2370. The Morgan fingerprint density at radius 1 is 0.676 bits per heavy atom. The normalized spacial score (nSPS) is 18.1. The number of nitrogens with one attached hydrogen (secondary N) is 2. The number of hydrogen-bond acceptors (Lipinski definition) is 10. The Balaban J connectivity index is 0.000000322. The summed E-state index contributed by atoms with van der Waals surface area (Å²) in [5.41, 5.74) is 1.04. The van der Waals surface area contributed by atoms with E-state index in [1.165, 1.54) is 6.42 Å². The van der Waals surface area contributed by atoms with Gasteiger partial charge in [0.15, 0.2) is 11.2 Å². The largest absolute Gasteiger partial charge is 0.476 e. The fourth-order valence-electron chi connectivity index (χ4n) is 10.2. The number of amides is 7. The summed E-state index contributed by atoms with van der Waals surface area (Å²) in [6, 6.07) is 7.25. The van der Waals surface area contributed by atoms with Crippen LogP contribution in [-0.4, -0.2) is 136 Å². The van der Waals surface area contributed by atoms with Gasteiger partial charge in [-0.15, -0.1) is 12.4 Å². The number of carbonyl (C=O) groups is 7. The van der Waals surface area contributed by atoms with Crippen molar-refractivity contribution in [2.45, 2.75) is 203 Å². The summed E-state index contributed by atoms with van der Waals surface area (Å²) in [6.45, 7) is 30.0. The van der Waals surface area contributed by atoms with Crippen molar-refractivity contribution in [2.75, 3.05) is 49.1 Å². The Labute approximate surface area is 446 Å². The van der Waals surface area contributed by atoms with E-state index >= 15 is 0 Å². The molecule has 1 atom stereocenters. The predicted molar refractivity (Wildman–Crippen MR) is 291 cm³/mol. The van der Waals surface area contributed by atoms with E-state index < -0.39 is 16.8 Å². The number of benzene rings is 2. The standard InChI is InChI=1S/C30H46N4O6.C26H39N3O4.ClH/c1-10-25(35)31-13-15-33-23-17-22(20(4)16-24(23)39-30(8,9)27(33)37)26(36)34(19(2)3)21-12-11-14-32(18-21)28(38)40-29(5,6)7;1-7-23(30)27-13-14-28-21-16-20(18(4)15-22(21)33-26(5,6)25(28)32)24(31)29(17(2)3)19-11-9-8-10-12-19;/h16-17,19,21H,10-15,18H2,1-9H3,(H,31,35);15-17,19H,7-14H2,1-6H3,(H,27,30);1H/t21-;;/m1../s1. The van der Waals surface area contributed by atoms with Crippen LogP contribution in [0.1, 0.15) is 180 Å². The van der Waals surface area contributed by atoms with Crippen LogP contribution in [0, 0.1) is 13.8 Å². The van der Waals surface area contributed by atoms with Gasteiger partial charge < -0.3 is 49.3 Å². The number of piperidine rings is 1. The number of anilines is 2. The highest BCUT2D eigenvalue weighted by Crippen LogP contribution is 2.42. The van der Waals surface area contributed by atoms with Crippen molar-refractivity contribution < 1.29 is 47.8 Å². The number of fused-ring (bicyclic) bond motifs is 2. The third-order valence-corrected chi connectivity index (χ3v) is 13.9. The van der Waals surface area contributed by atoms with E-state index in [-0.39, 0.29) is 91.2 Å². The number of ether oxygens (including phenoxy) is 3. The monoisotopic (exact) mass is 1050 g/mol. The molecule has 1 saturated carbocycles. The average Bonchev–Trinajstić information content (AvgIpc) is 3.30. The van der Waals surface area contributed by atoms with Crippen LogP contribution in [0.4, 0.5) is 16.2 Å². The molecule has 7 amide bonds. The van der Waals surface area contributed by atoms with Crippen LogP contribution < -0.4 is 29.9 Å². The number of aryl methyl sites for hydroxylation is 2. The maximum Gasteiger partial charge on any atom is 0.410 e. The van der Waals surface area contributed by atoms with Gasteiger partial charge >= 0.3 is 6.09 Å². The summed E-state index contributed by atoms with van der Waals surface area (Å²) in [6.07, 6.45) is 7.51. The molecular formula is C56H86ClN7O10. The van der Waals surface area contributed by atoms with Crippen molar-refractivity contribution in [1.82, 2.24) is 25.3 Å². The minimum absolute atomic E-state index is 0.